The summed E-state index contributed by atoms with van der Waals surface area (Å²) in [4.78, 5) is 0. The molecule has 0 radical (unpaired) electrons. The van der Waals surface area contributed by atoms with Crippen molar-refractivity contribution in [3.8, 4) is 6.07 Å². The highest BCUT2D eigenvalue weighted by Gasteiger charge is 2.27. The van der Waals surface area contributed by atoms with Crippen LogP contribution in [-0.2, 0) is 21.7 Å². The monoisotopic (exact) mass is 233 g/mol. The molecule has 3 heteroatoms. The van der Waals surface area contributed by atoms with Gasteiger partial charge in [0.1, 0.15) is 0 Å². The number of hydrogen-bond acceptors (Lipinski definition) is 3. The summed E-state index contributed by atoms with van der Waals surface area (Å²) in [6.07, 6.45) is 0.431. The summed E-state index contributed by atoms with van der Waals surface area (Å²) in [6.45, 7) is 6.99. The third-order valence-electron chi connectivity index (χ3n) is 2.60. The maximum absolute atomic E-state index is 8.62. The van der Waals surface area contributed by atoms with E-state index in [4.69, 9.17) is 14.7 Å². The standard InChI is InChI=1S/C14H19NO2/c1-4-16-14(3,17-5-2)13-8-6-12(7-9-13)10-11-15/h6-9H,4-5,10H2,1-3H3. The van der Waals surface area contributed by atoms with Crippen LogP contribution in [0.2, 0.25) is 0 Å². The van der Waals surface area contributed by atoms with E-state index in [1.807, 2.05) is 45.0 Å². The van der Waals surface area contributed by atoms with E-state index in [9.17, 15) is 0 Å². The molecule has 0 unspecified atom stereocenters. The summed E-state index contributed by atoms with van der Waals surface area (Å²) >= 11 is 0. The predicted octanol–water partition coefficient (Wildman–Crippen LogP) is 3.00. The number of rotatable bonds is 6. The molecule has 0 spiro atoms. The first-order valence-corrected chi connectivity index (χ1v) is 5.90. The van der Waals surface area contributed by atoms with Crippen LogP contribution in [0.5, 0.6) is 0 Å². The molecule has 0 fully saturated rings. The van der Waals surface area contributed by atoms with E-state index in [1.54, 1.807) is 0 Å². The number of benzene rings is 1. The Balaban J connectivity index is 2.91. The summed E-state index contributed by atoms with van der Waals surface area (Å²) in [5.41, 5.74) is 1.98. The molecule has 0 aromatic heterocycles. The van der Waals surface area contributed by atoms with Gasteiger partial charge in [-0.1, -0.05) is 24.3 Å². The van der Waals surface area contributed by atoms with Gasteiger partial charge in [-0.2, -0.15) is 5.26 Å². The topological polar surface area (TPSA) is 42.2 Å². The maximum atomic E-state index is 8.62. The molecule has 1 aromatic rings. The second kappa shape index (κ2) is 6.39. The summed E-state index contributed by atoms with van der Waals surface area (Å²) in [5.74, 6) is -0.700. The molecule has 0 aliphatic rings. The van der Waals surface area contributed by atoms with Crippen LogP contribution in [0.25, 0.3) is 0 Å². The molecule has 92 valence electrons. The van der Waals surface area contributed by atoms with Gasteiger partial charge < -0.3 is 9.47 Å². The van der Waals surface area contributed by atoms with E-state index in [0.29, 0.717) is 19.6 Å². The predicted molar refractivity (Wildman–Crippen MR) is 66.4 cm³/mol. The van der Waals surface area contributed by atoms with Crippen LogP contribution < -0.4 is 0 Å². The van der Waals surface area contributed by atoms with Gasteiger partial charge in [0.15, 0.2) is 5.79 Å². The largest absolute Gasteiger partial charge is 0.346 e. The lowest BCUT2D eigenvalue weighted by molar-refractivity contribution is -0.229. The molecule has 17 heavy (non-hydrogen) atoms. The fraction of sp³-hybridized carbons (Fsp3) is 0.500. The Bertz CT molecular complexity index is 372. The van der Waals surface area contributed by atoms with Crippen molar-refractivity contribution in [3.63, 3.8) is 0 Å². The lowest BCUT2D eigenvalue weighted by Gasteiger charge is -2.29. The van der Waals surface area contributed by atoms with Crippen LogP contribution in [0.1, 0.15) is 31.9 Å². The third-order valence-corrected chi connectivity index (χ3v) is 2.60. The van der Waals surface area contributed by atoms with Crippen molar-refractivity contribution in [2.75, 3.05) is 13.2 Å². The second-order valence-electron chi connectivity index (χ2n) is 3.84. The SMILES string of the molecule is CCOC(C)(OCC)c1ccc(CC#N)cc1. The molecule has 0 saturated heterocycles. The lowest BCUT2D eigenvalue weighted by atomic mass is 10.0. The van der Waals surface area contributed by atoms with Gasteiger partial charge in [-0.05, 0) is 26.3 Å². The molecule has 0 heterocycles. The fourth-order valence-corrected chi connectivity index (χ4v) is 1.78. The molecule has 0 amide bonds. The van der Waals surface area contributed by atoms with Gasteiger partial charge in [0.05, 0.1) is 12.5 Å². The summed E-state index contributed by atoms with van der Waals surface area (Å²) < 4.78 is 11.3. The van der Waals surface area contributed by atoms with Crippen LogP contribution in [0.3, 0.4) is 0 Å². The minimum absolute atomic E-state index is 0.431. The highest BCUT2D eigenvalue weighted by atomic mass is 16.7. The normalized spacial score (nSPS) is 11.2. The smallest absolute Gasteiger partial charge is 0.191 e. The van der Waals surface area contributed by atoms with E-state index in [0.717, 1.165) is 11.1 Å². The number of ether oxygens (including phenoxy) is 2. The Labute approximate surface area is 103 Å². The fourth-order valence-electron chi connectivity index (χ4n) is 1.78. The zero-order valence-electron chi connectivity index (χ0n) is 10.7. The first-order valence-electron chi connectivity index (χ1n) is 5.90. The Morgan fingerprint density at radius 3 is 2.06 bits per heavy atom. The molecular formula is C14H19NO2. The molecule has 1 aromatic carbocycles. The van der Waals surface area contributed by atoms with Crippen LogP contribution in [0, 0.1) is 11.3 Å². The van der Waals surface area contributed by atoms with Gasteiger partial charge >= 0.3 is 0 Å². The van der Waals surface area contributed by atoms with E-state index in [-0.39, 0.29) is 0 Å². The number of hydrogen-bond donors (Lipinski definition) is 0. The van der Waals surface area contributed by atoms with Crippen LogP contribution >= 0.6 is 0 Å². The Hall–Kier alpha value is -1.37. The summed E-state index contributed by atoms with van der Waals surface area (Å²) in [7, 11) is 0. The van der Waals surface area contributed by atoms with Crippen molar-refractivity contribution >= 4 is 0 Å². The highest BCUT2D eigenvalue weighted by molar-refractivity contribution is 5.27. The zero-order valence-corrected chi connectivity index (χ0v) is 10.7. The van der Waals surface area contributed by atoms with Crippen molar-refractivity contribution in [1.82, 2.24) is 0 Å². The highest BCUT2D eigenvalue weighted by Crippen LogP contribution is 2.27. The average Bonchev–Trinajstić information content (AvgIpc) is 2.31. The first kappa shape index (κ1) is 13.7. The third kappa shape index (κ3) is 3.55. The Morgan fingerprint density at radius 1 is 1.12 bits per heavy atom. The van der Waals surface area contributed by atoms with Crippen LogP contribution in [-0.4, -0.2) is 13.2 Å². The molecule has 0 bridgehead atoms. The molecule has 0 N–H and O–H groups in total. The average molecular weight is 233 g/mol. The van der Waals surface area contributed by atoms with Crippen molar-refractivity contribution in [3.05, 3.63) is 35.4 Å². The molecule has 3 nitrogen and oxygen atoms in total. The Kier molecular flexibility index (Phi) is 5.14. The summed E-state index contributed by atoms with van der Waals surface area (Å²) in [5, 5.41) is 8.62. The molecular weight excluding hydrogens is 214 g/mol. The molecule has 0 aliphatic heterocycles. The molecule has 1 rings (SSSR count). The van der Waals surface area contributed by atoms with E-state index in [1.165, 1.54) is 0 Å². The molecule has 0 atom stereocenters. The molecule has 0 aliphatic carbocycles. The minimum Gasteiger partial charge on any atom is -0.346 e. The van der Waals surface area contributed by atoms with Gasteiger partial charge in [0, 0.05) is 18.8 Å². The van der Waals surface area contributed by atoms with Gasteiger partial charge in [0.25, 0.3) is 0 Å². The van der Waals surface area contributed by atoms with Crippen molar-refractivity contribution in [1.29, 1.82) is 5.26 Å². The van der Waals surface area contributed by atoms with Gasteiger partial charge in [-0.3, -0.25) is 0 Å². The minimum atomic E-state index is -0.700. The van der Waals surface area contributed by atoms with E-state index in [2.05, 4.69) is 6.07 Å². The van der Waals surface area contributed by atoms with Gasteiger partial charge in [-0.15, -0.1) is 0 Å². The van der Waals surface area contributed by atoms with E-state index < -0.39 is 5.79 Å². The van der Waals surface area contributed by atoms with Crippen molar-refractivity contribution < 1.29 is 9.47 Å². The summed E-state index contributed by atoms with van der Waals surface area (Å²) in [6, 6.07) is 9.92. The number of nitrogens with zero attached hydrogens (tertiary/aromatic N) is 1. The lowest BCUT2D eigenvalue weighted by Crippen LogP contribution is -2.29. The van der Waals surface area contributed by atoms with Crippen molar-refractivity contribution in [2.24, 2.45) is 0 Å². The van der Waals surface area contributed by atoms with Crippen LogP contribution in [0.15, 0.2) is 24.3 Å². The maximum Gasteiger partial charge on any atom is 0.191 e. The van der Waals surface area contributed by atoms with Gasteiger partial charge in [-0.25, -0.2) is 0 Å². The Morgan fingerprint density at radius 2 is 1.65 bits per heavy atom. The number of nitriles is 1. The quantitative estimate of drug-likeness (QED) is 0.709. The van der Waals surface area contributed by atoms with Gasteiger partial charge in [0.2, 0.25) is 0 Å². The van der Waals surface area contributed by atoms with Crippen molar-refractivity contribution in [2.45, 2.75) is 33.0 Å². The first-order chi connectivity index (χ1) is 8.16. The molecule has 0 saturated carbocycles. The van der Waals surface area contributed by atoms with Crippen LogP contribution in [0.4, 0.5) is 0 Å². The zero-order chi connectivity index (χ0) is 12.7. The van der Waals surface area contributed by atoms with E-state index >= 15 is 0 Å². The second-order valence-corrected chi connectivity index (χ2v) is 3.84.